The van der Waals surface area contributed by atoms with Crippen molar-refractivity contribution in [1.82, 2.24) is 15.1 Å². The summed E-state index contributed by atoms with van der Waals surface area (Å²) in [7, 11) is 1.82. The molecule has 1 heterocycles. The fraction of sp³-hybridized carbons (Fsp3) is 0.667. The molecule has 0 saturated carbocycles. The van der Waals surface area contributed by atoms with E-state index in [1.54, 1.807) is 10.7 Å². The molecule has 1 amide bonds. The Bertz CT molecular complexity index is 371. The van der Waals surface area contributed by atoms with Crippen LogP contribution < -0.4 is 11.1 Å². The molecule has 0 radical (unpaired) electrons. The van der Waals surface area contributed by atoms with Crippen LogP contribution in [0.3, 0.4) is 0 Å². The molecule has 104 valence electrons. The third-order valence-corrected chi connectivity index (χ3v) is 3.47. The molecule has 6 heteroatoms. The van der Waals surface area contributed by atoms with Gasteiger partial charge in [0.25, 0.3) is 5.91 Å². The number of nitrogens with one attached hydrogen (secondary N) is 1. The summed E-state index contributed by atoms with van der Waals surface area (Å²) >= 11 is 0. The molecule has 3 N–H and O–H groups in total. The fourth-order valence-electron chi connectivity index (χ4n) is 1.74. The van der Waals surface area contributed by atoms with Crippen LogP contribution in [0.1, 0.15) is 42.9 Å². The van der Waals surface area contributed by atoms with Crippen molar-refractivity contribution in [2.45, 2.75) is 39.2 Å². The highest BCUT2D eigenvalue weighted by molar-refractivity contribution is 5.92. The number of nitrogens with zero attached hydrogens (tertiary/aromatic N) is 2. The van der Waals surface area contributed by atoms with Gasteiger partial charge in [0.1, 0.15) is 5.69 Å². The minimum Gasteiger partial charge on any atom is -0.344 e. The quantitative estimate of drug-likeness (QED) is 0.852. The maximum absolute atomic E-state index is 12.1. The van der Waals surface area contributed by atoms with Gasteiger partial charge < -0.3 is 11.1 Å². The van der Waals surface area contributed by atoms with Crippen LogP contribution >= 0.6 is 12.4 Å². The molecule has 0 aliphatic rings. The molecule has 0 saturated heterocycles. The average Bonchev–Trinajstić information content (AvgIpc) is 2.67. The smallest absolute Gasteiger partial charge is 0.272 e. The highest BCUT2D eigenvalue weighted by atomic mass is 35.5. The largest absolute Gasteiger partial charge is 0.344 e. The van der Waals surface area contributed by atoms with E-state index in [1.165, 1.54) is 0 Å². The number of hydrogen-bond donors (Lipinski definition) is 2. The lowest BCUT2D eigenvalue weighted by atomic mass is 9.93. The first-order valence-electron chi connectivity index (χ1n) is 6.01. The lowest BCUT2D eigenvalue weighted by molar-refractivity contribution is 0.0889. The van der Waals surface area contributed by atoms with Crippen molar-refractivity contribution in [1.29, 1.82) is 0 Å². The summed E-state index contributed by atoms with van der Waals surface area (Å²) in [6.45, 7) is 6.41. The summed E-state index contributed by atoms with van der Waals surface area (Å²) in [5.74, 6) is -0.150. The van der Waals surface area contributed by atoms with Crippen LogP contribution in [0.4, 0.5) is 0 Å². The number of aryl methyl sites for hydroxylation is 2. The number of hydrogen-bond acceptors (Lipinski definition) is 3. The molecule has 0 bridgehead atoms. The van der Waals surface area contributed by atoms with Crippen LogP contribution in [0, 0.1) is 6.92 Å². The minimum absolute atomic E-state index is 0. The summed E-state index contributed by atoms with van der Waals surface area (Å²) in [6, 6.07) is 1.78. The summed E-state index contributed by atoms with van der Waals surface area (Å²) in [5.41, 5.74) is 6.84. The van der Waals surface area contributed by atoms with Crippen LogP contribution in [0.25, 0.3) is 0 Å². The van der Waals surface area contributed by atoms with Crippen LogP contribution in [-0.2, 0) is 7.05 Å². The van der Waals surface area contributed by atoms with Crippen molar-refractivity contribution in [3.05, 3.63) is 17.5 Å². The normalized spacial score (nSPS) is 10.9. The zero-order chi connectivity index (χ0) is 13.1. The van der Waals surface area contributed by atoms with Gasteiger partial charge in [-0.2, -0.15) is 5.10 Å². The van der Waals surface area contributed by atoms with Gasteiger partial charge in [0.15, 0.2) is 0 Å². The number of carbonyl (C=O) groups is 1. The second kappa shape index (κ2) is 6.75. The maximum atomic E-state index is 12.1. The van der Waals surface area contributed by atoms with Gasteiger partial charge in [-0.1, -0.05) is 13.8 Å². The molecule has 0 aromatic carbocycles. The van der Waals surface area contributed by atoms with Gasteiger partial charge in [0, 0.05) is 19.3 Å². The Labute approximate surface area is 115 Å². The Hall–Kier alpha value is -1.07. The summed E-state index contributed by atoms with van der Waals surface area (Å²) in [5, 5.41) is 7.16. The summed E-state index contributed by atoms with van der Waals surface area (Å²) < 4.78 is 1.69. The molecular weight excluding hydrogens is 252 g/mol. The van der Waals surface area contributed by atoms with E-state index in [2.05, 4.69) is 10.4 Å². The third-order valence-electron chi connectivity index (χ3n) is 3.47. The number of amides is 1. The molecule has 0 spiro atoms. The Balaban J connectivity index is 0.00000289. The minimum atomic E-state index is -0.317. The SMILES string of the molecule is CCC(CC)(CN)NC(=O)c1cc(C)n(C)n1.Cl. The van der Waals surface area contributed by atoms with Gasteiger partial charge in [-0.15, -0.1) is 12.4 Å². The zero-order valence-corrected chi connectivity index (χ0v) is 12.3. The fourth-order valence-corrected chi connectivity index (χ4v) is 1.74. The first-order valence-corrected chi connectivity index (χ1v) is 6.01. The van der Waals surface area contributed by atoms with Crippen molar-refractivity contribution in [2.24, 2.45) is 12.8 Å². The van der Waals surface area contributed by atoms with E-state index in [4.69, 9.17) is 5.73 Å². The van der Waals surface area contributed by atoms with Gasteiger partial charge in [-0.25, -0.2) is 0 Å². The maximum Gasteiger partial charge on any atom is 0.272 e. The van der Waals surface area contributed by atoms with E-state index in [0.717, 1.165) is 18.5 Å². The molecule has 0 unspecified atom stereocenters. The standard InChI is InChI=1S/C12H22N4O.ClH/c1-5-12(6-2,8-13)14-11(17)10-7-9(3)16(4)15-10;/h7H,5-6,8,13H2,1-4H3,(H,14,17);1H. The van der Waals surface area contributed by atoms with Crippen molar-refractivity contribution in [3.8, 4) is 0 Å². The number of aromatic nitrogens is 2. The number of nitrogens with two attached hydrogens (primary N) is 1. The van der Waals surface area contributed by atoms with E-state index >= 15 is 0 Å². The van der Waals surface area contributed by atoms with E-state index in [-0.39, 0.29) is 23.9 Å². The van der Waals surface area contributed by atoms with Crippen LogP contribution in [0.5, 0.6) is 0 Å². The highest BCUT2D eigenvalue weighted by Gasteiger charge is 2.27. The molecule has 0 atom stereocenters. The van der Waals surface area contributed by atoms with Crippen molar-refractivity contribution in [2.75, 3.05) is 6.54 Å². The average molecular weight is 275 g/mol. The number of rotatable bonds is 5. The molecule has 0 fully saturated rings. The topological polar surface area (TPSA) is 72.9 Å². The Kier molecular flexibility index (Phi) is 6.35. The summed E-state index contributed by atoms with van der Waals surface area (Å²) in [6.07, 6.45) is 1.63. The van der Waals surface area contributed by atoms with E-state index in [1.807, 2.05) is 27.8 Å². The third kappa shape index (κ3) is 3.46. The first kappa shape index (κ1) is 16.9. The molecule has 1 rings (SSSR count). The molecule has 1 aromatic rings. The molecule has 5 nitrogen and oxygen atoms in total. The second-order valence-electron chi connectivity index (χ2n) is 4.44. The lowest BCUT2D eigenvalue weighted by Gasteiger charge is -2.31. The summed E-state index contributed by atoms with van der Waals surface area (Å²) in [4.78, 5) is 12.1. The molecular formula is C12H23ClN4O. The van der Waals surface area contributed by atoms with Gasteiger partial charge in [-0.3, -0.25) is 9.48 Å². The van der Waals surface area contributed by atoms with E-state index < -0.39 is 0 Å². The van der Waals surface area contributed by atoms with Crippen molar-refractivity contribution < 1.29 is 4.79 Å². The van der Waals surface area contributed by atoms with Gasteiger partial charge in [0.05, 0.1) is 5.54 Å². The van der Waals surface area contributed by atoms with E-state index in [0.29, 0.717) is 12.2 Å². The molecule has 0 aliphatic carbocycles. The Morgan fingerprint density at radius 3 is 2.39 bits per heavy atom. The highest BCUT2D eigenvalue weighted by Crippen LogP contribution is 2.14. The first-order chi connectivity index (χ1) is 7.98. The monoisotopic (exact) mass is 274 g/mol. The Morgan fingerprint density at radius 1 is 1.50 bits per heavy atom. The van der Waals surface area contributed by atoms with Gasteiger partial charge in [-0.05, 0) is 25.8 Å². The second-order valence-corrected chi connectivity index (χ2v) is 4.44. The molecule has 1 aromatic heterocycles. The van der Waals surface area contributed by atoms with Crippen LogP contribution in [0.15, 0.2) is 6.07 Å². The van der Waals surface area contributed by atoms with Gasteiger partial charge in [0.2, 0.25) is 0 Å². The van der Waals surface area contributed by atoms with Gasteiger partial charge >= 0.3 is 0 Å². The zero-order valence-electron chi connectivity index (χ0n) is 11.5. The van der Waals surface area contributed by atoms with Crippen LogP contribution in [-0.4, -0.2) is 27.8 Å². The number of carbonyl (C=O) groups excluding carboxylic acids is 1. The van der Waals surface area contributed by atoms with Crippen molar-refractivity contribution in [3.63, 3.8) is 0 Å². The lowest BCUT2D eigenvalue weighted by Crippen LogP contribution is -2.53. The number of halogens is 1. The van der Waals surface area contributed by atoms with E-state index in [9.17, 15) is 4.79 Å². The predicted octanol–water partition coefficient (Wildman–Crippen LogP) is 1.40. The van der Waals surface area contributed by atoms with Crippen LogP contribution in [0.2, 0.25) is 0 Å². The molecule has 18 heavy (non-hydrogen) atoms. The molecule has 0 aliphatic heterocycles. The predicted molar refractivity (Wildman–Crippen MR) is 75.0 cm³/mol. The Morgan fingerprint density at radius 2 is 2.06 bits per heavy atom. The van der Waals surface area contributed by atoms with Crippen molar-refractivity contribution >= 4 is 18.3 Å².